The number of anilines is 1. The number of carbonyl (C=O) groups excluding carboxylic acids is 1. The lowest BCUT2D eigenvalue weighted by Gasteiger charge is -2.34. The third kappa shape index (κ3) is 4.95. The van der Waals surface area contributed by atoms with E-state index in [2.05, 4.69) is 17.1 Å². The summed E-state index contributed by atoms with van der Waals surface area (Å²) in [6.07, 6.45) is 2.24. The second kappa shape index (κ2) is 7.92. The van der Waals surface area contributed by atoms with Crippen molar-refractivity contribution in [1.29, 1.82) is 0 Å². The summed E-state index contributed by atoms with van der Waals surface area (Å²) < 4.78 is 24.5. The van der Waals surface area contributed by atoms with Gasteiger partial charge in [0.1, 0.15) is 0 Å². The Morgan fingerprint density at radius 1 is 1.27 bits per heavy atom. The van der Waals surface area contributed by atoms with E-state index in [0.717, 1.165) is 31.8 Å². The first-order valence-corrected chi connectivity index (χ1v) is 8.43. The number of alkyl halides is 2. The van der Waals surface area contributed by atoms with Crippen LogP contribution in [0, 0.1) is 5.92 Å². The summed E-state index contributed by atoms with van der Waals surface area (Å²) in [5, 5.41) is 2.85. The number of piperidine rings is 1. The van der Waals surface area contributed by atoms with E-state index in [0.29, 0.717) is 22.3 Å². The normalized spacial score (nSPS) is 18.4. The van der Waals surface area contributed by atoms with Gasteiger partial charge in [-0.05, 0) is 63.0 Å². The molecule has 1 heterocycles. The van der Waals surface area contributed by atoms with Crippen LogP contribution in [-0.4, -0.2) is 35.7 Å². The summed E-state index contributed by atoms with van der Waals surface area (Å²) in [4.78, 5) is 15.0. The first-order chi connectivity index (χ1) is 10.5. The van der Waals surface area contributed by atoms with E-state index >= 15 is 0 Å². The Morgan fingerprint density at radius 3 is 2.41 bits per heavy atom. The third-order valence-electron chi connectivity index (χ3n) is 4.09. The Labute approximate surface area is 134 Å². The van der Waals surface area contributed by atoms with Crippen molar-refractivity contribution in [2.75, 3.05) is 18.4 Å². The highest BCUT2D eigenvalue weighted by Gasteiger charge is 2.25. The van der Waals surface area contributed by atoms with E-state index in [9.17, 15) is 13.6 Å². The van der Waals surface area contributed by atoms with Crippen LogP contribution in [0.3, 0.4) is 0 Å². The Balaban J connectivity index is 1.88. The van der Waals surface area contributed by atoms with E-state index in [1.54, 1.807) is 24.3 Å². The van der Waals surface area contributed by atoms with Crippen LogP contribution in [0.4, 0.5) is 14.5 Å². The SMILES string of the molecule is CC1CCN(C(C)C(=O)Nc2ccc(SC(F)F)cc2)CC1. The van der Waals surface area contributed by atoms with Crippen molar-refractivity contribution in [1.82, 2.24) is 4.90 Å². The van der Waals surface area contributed by atoms with Crippen LogP contribution in [0.1, 0.15) is 26.7 Å². The fraction of sp³-hybridized carbons (Fsp3) is 0.562. The lowest BCUT2D eigenvalue weighted by Crippen LogP contribution is -2.45. The molecular formula is C16H22F2N2OS. The van der Waals surface area contributed by atoms with Gasteiger partial charge >= 0.3 is 0 Å². The minimum absolute atomic E-state index is 0.0520. The van der Waals surface area contributed by atoms with Crippen LogP contribution in [0.5, 0.6) is 0 Å². The minimum Gasteiger partial charge on any atom is -0.325 e. The molecule has 1 aliphatic rings. The van der Waals surface area contributed by atoms with Gasteiger partial charge in [-0.25, -0.2) is 0 Å². The smallest absolute Gasteiger partial charge is 0.288 e. The van der Waals surface area contributed by atoms with Gasteiger partial charge in [0.05, 0.1) is 6.04 Å². The Hall–Kier alpha value is -1.14. The number of hydrogen-bond donors (Lipinski definition) is 1. The van der Waals surface area contributed by atoms with Gasteiger partial charge in [0.2, 0.25) is 5.91 Å². The van der Waals surface area contributed by atoms with Crippen LogP contribution >= 0.6 is 11.8 Å². The molecule has 1 amide bonds. The predicted octanol–water partition coefficient (Wildman–Crippen LogP) is 4.06. The first kappa shape index (κ1) is 17.2. The highest BCUT2D eigenvalue weighted by molar-refractivity contribution is 7.99. The maximum Gasteiger partial charge on any atom is 0.288 e. The van der Waals surface area contributed by atoms with E-state index in [4.69, 9.17) is 0 Å². The molecule has 1 N–H and O–H groups in total. The molecule has 1 atom stereocenters. The molecule has 1 aromatic carbocycles. The first-order valence-electron chi connectivity index (χ1n) is 7.55. The molecule has 1 fully saturated rings. The lowest BCUT2D eigenvalue weighted by atomic mass is 9.98. The van der Waals surface area contributed by atoms with Crippen molar-refractivity contribution in [3.05, 3.63) is 24.3 Å². The minimum atomic E-state index is -2.43. The van der Waals surface area contributed by atoms with Crippen LogP contribution in [0.2, 0.25) is 0 Å². The number of benzene rings is 1. The van der Waals surface area contributed by atoms with Gasteiger partial charge in [-0.15, -0.1) is 0 Å². The van der Waals surface area contributed by atoms with Crippen molar-refractivity contribution >= 4 is 23.4 Å². The van der Waals surface area contributed by atoms with Crippen LogP contribution in [0.25, 0.3) is 0 Å². The van der Waals surface area contributed by atoms with Gasteiger partial charge in [-0.1, -0.05) is 18.7 Å². The Morgan fingerprint density at radius 2 is 1.86 bits per heavy atom. The fourth-order valence-corrected chi connectivity index (χ4v) is 3.05. The number of amides is 1. The number of hydrogen-bond acceptors (Lipinski definition) is 3. The topological polar surface area (TPSA) is 32.3 Å². The van der Waals surface area contributed by atoms with Gasteiger partial charge in [-0.3, -0.25) is 9.69 Å². The highest BCUT2D eigenvalue weighted by atomic mass is 32.2. The zero-order chi connectivity index (χ0) is 16.1. The van der Waals surface area contributed by atoms with Crippen LogP contribution < -0.4 is 5.32 Å². The molecular weight excluding hydrogens is 306 g/mol. The summed E-state index contributed by atoms with van der Waals surface area (Å²) in [6, 6.07) is 6.34. The summed E-state index contributed by atoms with van der Waals surface area (Å²) in [5.74, 6) is -1.75. The molecule has 0 bridgehead atoms. The number of nitrogens with one attached hydrogen (secondary N) is 1. The van der Waals surface area contributed by atoms with Gasteiger partial charge in [0, 0.05) is 10.6 Å². The average Bonchev–Trinajstić information content (AvgIpc) is 2.49. The molecule has 1 saturated heterocycles. The quantitative estimate of drug-likeness (QED) is 0.827. The Kier molecular flexibility index (Phi) is 6.20. The molecule has 0 spiro atoms. The van der Waals surface area contributed by atoms with Gasteiger partial charge < -0.3 is 5.32 Å². The molecule has 22 heavy (non-hydrogen) atoms. The average molecular weight is 328 g/mol. The number of halogens is 2. The summed E-state index contributed by atoms with van der Waals surface area (Å²) in [5.41, 5.74) is 0.640. The van der Waals surface area contributed by atoms with E-state index in [-0.39, 0.29) is 11.9 Å². The third-order valence-corrected chi connectivity index (χ3v) is 4.81. The second-order valence-electron chi connectivity index (χ2n) is 5.79. The summed E-state index contributed by atoms with van der Waals surface area (Å²) in [6.45, 7) is 6.03. The molecule has 0 radical (unpaired) electrons. The molecule has 3 nitrogen and oxygen atoms in total. The van der Waals surface area contributed by atoms with Crippen molar-refractivity contribution < 1.29 is 13.6 Å². The van der Waals surface area contributed by atoms with Crippen molar-refractivity contribution in [2.24, 2.45) is 5.92 Å². The maximum absolute atomic E-state index is 12.3. The Bertz CT molecular complexity index is 487. The zero-order valence-electron chi connectivity index (χ0n) is 12.9. The van der Waals surface area contributed by atoms with Crippen molar-refractivity contribution in [3.63, 3.8) is 0 Å². The predicted molar refractivity (Wildman–Crippen MR) is 86.4 cm³/mol. The molecule has 6 heteroatoms. The molecule has 1 unspecified atom stereocenters. The lowest BCUT2D eigenvalue weighted by molar-refractivity contribution is -0.121. The maximum atomic E-state index is 12.3. The van der Waals surface area contributed by atoms with Gasteiger partial charge in [0.25, 0.3) is 5.76 Å². The molecule has 1 aromatic rings. The summed E-state index contributed by atoms with van der Waals surface area (Å²) in [7, 11) is 0. The van der Waals surface area contributed by atoms with Gasteiger partial charge in [-0.2, -0.15) is 8.78 Å². The monoisotopic (exact) mass is 328 g/mol. The van der Waals surface area contributed by atoms with Crippen molar-refractivity contribution in [2.45, 2.75) is 43.4 Å². The van der Waals surface area contributed by atoms with Crippen LogP contribution in [0.15, 0.2) is 29.2 Å². The van der Waals surface area contributed by atoms with Crippen molar-refractivity contribution in [3.8, 4) is 0 Å². The fourth-order valence-electron chi connectivity index (χ4n) is 2.55. The number of rotatable bonds is 5. The molecule has 1 aliphatic heterocycles. The summed E-state index contributed by atoms with van der Waals surface area (Å²) >= 11 is 0.501. The largest absolute Gasteiger partial charge is 0.325 e. The highest BCUT2D eigenvalue weighted by Crippen LogP contribution is 2.26. The second-order valence-corrected chi connectivity index (χ2v) is 6.85. The molecule has 122 valence electrons. The molecule has 2 rings (SSSR count). The number of nitrogens with zero attached hydrogens (tertiary/aromatic N) is 1. The molecule has 0 saturated carbocycles. The molecule has 0 aromatic heterocycles. The van der Waals surface area contributed by atoms with E-state index in [1.165, 1.54) is 0 Å². The number of likely N-dealkylation sites (tertiary alicyclic amines) is 1. The number of carbonyl (C=O) groups is 1. The van der Waals surface area contributed by atoms with E-state index in [1.807, 2.05) is 6.92 Å². The van der Waals surface area contributed by atoms with Crippen LogP contribution in [-0.2, 0) is 4.79 Å². The standard InChI is InChI=1S/C16H22F2N2OS/c1-11-7-9-20(10-8-11)12(2)15(21)19-13-3-5-14(6-4-13)22-16(17)18/h3-6,11-12,16H,7-10H2,1-2H3,(H,19,21). The number of thioether (sulfide) groups is 1. The zero-order valence-corrected chi connectivity index (χ0v) is 13.7. The van der Waals surface area contributed by atoms with E-state index < -0.39 is 5.76 Å². The van der Waals surface area contributed by atoms with Gasteiger partial charge in [0.15, 0.2) is 0 Å². The molecule has 0 aliphatic carbocycles.